The number of aliphatic carboxylic acids is 1. The molecule has 0 radical (unpaired) electrons. The third-order valence-corrected chi connectivity index (χ3v) is 4.69. The number of rotatable bonds is 6. The second-order valence-electron chi connectivity index (χ2n) is 6.88. The van der Waals surface area contributed by atoms with Gasteiger partial charge in [-0.05, 0) is 30.6 Å². The Morgan fingerprint density at radius 2 is 1.59 bits per heavy atom. The van der Waals surface area contributed by atoms with Gasteiger partial charge in [0.05, 0.1) is 5.16 Å². The molecule has 0 aliphatic rings. The first-order valence-corrected chi connectivity index (χ1v) is 6.81. The molecule has 0 unspecified atom stereocenters. The van der Waals surface area contributed by atoms with Gasteiger partial charge in [0.1, 0.15) is 0 Å². The summed E-state index contributed by atoms with van der Waals surface area (Å²) >= 11 is 0. The zero-order chi connectivity index (χ0) is 13.9. The van der Waals surface area contributed by atoms with E-state index in [9.17, 15) is 9.36 Å². The molecule has 0 fully saturated rings. The molecule has 0 spiro atoms. The van der Waals surface area contributed by atoms with Gasteiger partial charge in [0, 0.05) is 6.42 Å². The van der Waals surface area contributed by atoms with Crippen molar-refractivity contribution in [1.29, 1.82) is 0 Å². The lowest BCUT2D eigenvalue weighted by Crippen LogP contribution is -2.40. The Morgan fingerprint density at radius 1 is 1.12 bits per heavy atom. The summed E-state index contributed by atoms with van der Waals surface area (Å²) in [6, 6.07) is 0. The van der Waals surface area contributed by atoms with Crippen LogP contribution in [-0.2, 0) is 9.36 Å². The minimum Gasteiger partial charge on any atom is -0.481 e. The maximum Gasteiger partial charge on any atom is 0.303 e. The Bertz CT molecular complexity index is 292. The lowest BCUT2D eigenvalue weighted by Gasteiger charge is -2.43. The summed E-state index contributed by atoms with van der Waals surface area (Å²) in [6.07, 6.45) is 1.42. The van der Waals surface area contributed by atoms with Gasteiger partial charge in [0.25, 0.3) is 0 Å². The molecule has 1 N–H and O–H groups in total. The smallest absolute Gasteiger partial charge is 0.303 e. The van der Waals surface area contributed by atoms with E-state index in [-0.39, 0.29) is 25.7 Å². The molecule has 100 valence electrons. The molecule has 0 aromatic rings. The van der Waals surface area contributed by atoms with Crippen LogP contribution >= 0.6 is 8.46 Å². The molecule has 0 amide bonds. The number of carboxylic acids is 1. The Kier molecular flexibility index (Phi) is 5.34. The van der Waals surface area contributed by atoms with E-state index in [1.54, 1.807) is 0 Å². The van der Waals surface area contributed by atoms with Gasteiger partial charge in [0.15, 0.2) is 8.46 Å². The zero-order valence-electron chi connectivity index (χ0n) is 11.8. The van der Waals surface area contributed by atoms with Gasteiger partial charge < -0.3 is 5.11 Å². The van der Waals surface area contributed by atoms with Crippen molar-refractivity contribution in [3.05, 3.63) is 0 Å². The van der Waals surface area contributed by atoms with Crippen LogP contribution in [-0.4, -0.2) is 16.2 Å². The maximum absolute atomic E-state index is 11.5. The Balaban J connectivity index is 4.93. The average Bonchev–Trinajstić information content (AvgIpc) is 2.09. The van der Waals surface area contributed by atoms with Crippen molar-refractivity contribution in [2.45, 2.75) is 66.0 Å². The summed E-state index contributed by atoms with van der Waals surface area (Å²) in [6.45, 7) is 12.5. The molecule has 0 bridgehead atoms. The first kappa shape index (κ1) is 16.6. The number of carboxylic acid groups (broad SMARTS) is 1. The van der Waals surface area contributed by atoms with Gasteiger partial charge in [0.2, 0.25) is 0 Å². The van der Waals surface area contributed by atoms with Crippen LogP contribution in [0.4, 0.5) is 0 Å². The summed E-state index contributed by atoms with van der Waals surface area (Å²) in [5, 5.41) is 8.28. The molecule has 3 nitrogen and oxygen atoms in total. The number of hydrogen-bond donors (Lipinski definition) is 1. The van der Waals surface area contributed by atoms with Crippen molar-refractivity contribution in [2.75, 3.05) is 0 Å². The van der Waals surface area contributed by atoms with Crippen molar-refractivity contribution in [2.24, 2.45) is 10.8 Å². The lowest BCUT2D eigenvalue weighted by molar-refractivity contribution is -0.137. The van der Waals surface area contributed by atoms with Gasteiger partial charge in [-0.1, -0.05) is 34.6 Å². The summed E-state index contributed by atoms with van der Waals surface area (Å²) in [4.78, 5) is 10.7. The van der Waals surface area contributed by atoms with Crippen molar-refractivity contribution in [3.8, 4) is 0 Å². The largest absolute Gasteiger partial charge is 0.481 e. The zero-order valence-corrected chi connectivity index (χ0v) is 12.7. The van der Waals surface area contributed by atoms with Crippen molar-refractivity contribution in [3.63, 3.8) is 0 Å². The molecule has 1 atom stereocenters. The molecule has 0 aromatic carbocycles. The molecule has 17 heavy (non-hydrogen) atoms. The molecule has 0 rings (SSSR count). The molecule has 0 aromatic heterocycles. The predicted molar refractivity (Wildman–Crippen MR) is 70.7 cm³/mol. The predicted octanol–water partition coefficient (Wildman–Crippen LogP) is 4.36. The highest BCUT2D eigenvalue weighted by molar-refractivity contribution is 7.26. The van der Waals surface area contributed by atoms with Crippen LogP contribution in [0.5, 0.6) is 0 Å². The van der Waals surface area contributed by atoms with Crippen LogP contribution in [0, 0.1) is 10.8 Å². The second-order valence-corrected chi connectivity index (χ2v) is 8.05. The van der Waals surface area contributed by atoms with Crippen molar-refractivity contribution in [1.82, 2.24) is 0 Å². The fourth-order valence-corrected chi connectivity index (χ4v) is 2.90. The third kappa shape index (κ3) is 5.16. The standard InChI is InChI=1S/C13H25O3P/c1-11(2,3)9-12(4,5)13(6,17-16)8-7-10(14)15/h7-9H2,1-6H3,(H,14,15)/t13-/m0/s1. The molecule has 0 heterocycles. The quantitative estimate of drug-likeness (QED) is 0.722. The van der Waals surface area contributed by atoms with E-state index in [0.29, 0.717) is 6.42 Å². The first-order chi connectivity index (χ1) is 7.43. The summed E-state index contributed by atoms with van der Waals surface area (Å²) < 4.78 is 11.5. The van der Waals surface area contributed by atoms with Crippen LogP contribution in [0.2, 0.25) is 0 Å². The van der Waals surface area contributed by atoms with Gasteiger partial charge in [-0.3, -0.25) is 9.36 Å². The molecule has 0 saturated heterocycles. The Morgan fingerprint density at radius 3 is 1.88 bits per heavy atom. The van der Waals surface area contributed by atoms with E-state index >= 15 is 0 Å². The highest BCUT2D eigenvalue weighted by Gasteiger charge is 2.44. The highest BCUT2D eigenvalue weighted by atomic mass is 31.1. The van der Waals surface area contributed by atoms with Crippen LogP contribution in [0.25, 0.3) is 0 Å². The van der Waals surface area contributed by atoms with E-state index in [1.807, 2.05) is 6.92 Å². The van der Waals surface area contributed by atoms with E-state index in [2.05, 4.69) is 34.6 Å². The fourth-order valence-electron chi connectivity index (χ4n) is 2.37. The minimum atomic E-state index is -0.827. The third-order valence-electron chi connectivity index (χ3n) is 3.46. The molecule has 4 heteroatoms. The average molecular weight is 260 g/mol. The van der Waals surface area contributed by atoms with Gasteiger partial charge >= 0.3 is 5.97 Å². The van der Waals surface area contributed by atoms with Crippen LogP contribution in [0.3, 0.4) is 0 Å². The number of carbonyl (C=O) groups is 1. The van der Waals surface area contributed by atoms with Crippen LogP contribution in [0.1, 0.15) is 60.8 Å². The molecular formula is C13H25O3P. The SMILES string of the molecule is CC(C)(C)CC(C)(C)[C@](C)(CCC(=O)O)P=O. The topological polar surface area (TPSA) is 54.4 Å². The first-order valence-electron chi connectivity index (χ1n) is 6.00. The normalized spacial score (nSPS) is 16.8. The summed E-state index contributed by atoms with van der Waals surface area (Å²) in [5.41, 5.74) is -0.0251. The van der Waals surface area contributed by atoms with E-state index < -0.39 is 11.1 Å². The Labute approximate surface area is 106 Å². The lowest BCUT2D eigenvalue weighted by atomic mass is 9.67. The fraction of sp³-hybridized carbons (Fsp3) is 0.923. The molecule has 0 saturated carbocycles. The van der Waals surface area contributed by atoms with Gasteiger partial charge in [-0.25, -0.2) is 0 Å². The van der Waals surface area contributed by atoms with Crippen molar-refractivity contribution < 1.29 is 14.5 Å². The maximum atomic E-state index is 11.5. The number of hydrogen-bond acceptors (Lipinski definition) is 2. The minimum absolute atomic E-state index is 0.0369. The molecular weight excluding hydrogens is 235 g/mol. The van der Waals surface area contributed by atoms with Gasteiger partial charge in [-0.15, -0.1) is 0 Å². The Hall–Kier alpha value is -0.430. The monoisotopic (exact) mass is 260 g/mol. The molecule has 0 aliphatic heterocycles. The second kappa shape index (κ2) is 5.48. The van der Waals surface area contributed by atoms with E-state index in [0.717, 1.165) is 6.42 Å². The summed E-state index contributed by atoms with van der Waals surface area (Å²) in [5.74, 6) is -0.827. The van der Waals surface area contributed by atoms with Crippen LogP contribution < -0.4 is 0 Å². The summed E-state index contributed by atoms with van der Waals surface area (Å²) in [7, 11) is 0.0369. The van der Waals surface area contributed by atoms with Crippen molar-refractivity contribution >= 4 is 14.4 Å². The van der Waals surface area contributed by atoms with Crippen LogP contribution in [0.15, 0.2) is 0 Å². The van der Waals surface area contributed by atoms with E-state index in [1.165, 1.54) is 0 Å². The van der Waals surface area contributed by atoms with E-state index in [4.69, 9.17) is 5.11 Å². The molecule has 0 aliphatic carbocycles. The van der Waals surface area contributed by atoms with Gasteiger partial charge in [-0.2, -0.15) is 0 Å². The highest BCUT2D eigenvalue weighted by Crippen LogP contribution is 2.50.